The summed E-state index contributed by atoms with van der Waals surface area (Å²) in [4.78, 5) is 13.5. The Bertz CT molecular complexity index is 402. The normalized spacial score (nSPS) is 22.7. The second-order valence-electron chi connectivity index (χ2n) is 5.89. The fraction of sp³-hybridized carbons (Fsp3) is 0.857. The second kappa shape index (κ2) is 5.63. The van der Waals surface area contributed by atoms with Gasteiger partial charge in [0.25, 0.3) is 0 Å². The van der Waals surface area contributed by atoms with E-state index in [9.17, 15) is 23.2 Å². The van der Waals surface area contributed by atoms with Crippen molar-refractivity contribution in [2.75, 3.05) is 6.54 Å². The molecule has 0 atom stereocenters. The Morgan fingerprint density at radius 3 is 2.15 bits per heavy atom. The maximum Gasteiger partial charge on any atom is 0.406 e. The van der Waals surface area contributed by atoms with Crippen LogP contribution in [-0.2, 0) is 4.79 Å². The number of amides is 1. The van der Waals surface area contributed by atoms with Crippen molar-refractivity contribution in [1.82, 2.24) is 4.90 Å². The lowest BCUT2D eigenvalue weighted by molar-refractivity contribution is -0.167. The van der Waals surface area contributed by atoms with E-state index < -0.39 is 24.0 Å². The summed E-state index contributed by atoms with van der Waals surface area (Å²) in [5.74, 6) is -0.596. The largest absolute Gasteiger partial charge is 0.406 e. The average molecular weight is 288 g/mol. The van der Waals surface area contributed by atoms with Crippen LogP contribution >= 0.6 is 0 Å². The van der Waals surface area contributed by atoms with E-state index in [1.807, 2.05) is 6.07 Å². The molecule has 2 rings (SSSR count). The average Bonchev–Trinajstić information content (AvgIpc) is 3.20. The first-order chi connectivity index (χ1) is 9.38. The zero-order valence-corrected chi connectivity index (χ0v) is 11.4. The number of carbonyl (C=O) groups excluding carboxylic acids is 1. The fourth-order valence-electron chi connectivity index (χ4n) is 2.93. The van der Waals surface area contributed by atoms with E-state index in [0.717, 1.165) is 30.6 Å². The van der Waals surface area contributed by atoms with E-state index in [4.69, 9.17) is 0 Å². The van der Waals surface area contributed by atoms with Gasteiger partial charge in [0, 0.05) is 6.04 Å². The monoisotopic (exact) mass is 288 g/mol. The van der Waals surface area contributed by atoms with Crippen molar-refractivity contribution in [3.8, 4) is 6.07 Å². The third-order valence-corrected chi connectivity index (χ3v) is 4.18. The molecule has 0 N–H and O–H groups in total. The molecular formula is C14H19F3N2O. The molecule has 0 spiro atoms. The molecule has 2 fully saturated rings. The van der Waals surface area contributed by atoms with Crippen molar-refractivity contribution < 1.29 is 18.0 Å². The summed E-state index contributed by atoms with van der Waals surface area (Å²) in [6, 6.07) is 1.73. The summed E-state index contributed by atoms with van der Waals surface area (Å²) in [6.45, 7) is -1.22. The standard InChI is InChI=1S/C14H19F3N2O/c15-14(16,17)10-19(11-5-6-11)12(20)13(9-18)7-3-1-2-4-8-13/h11H,1-8,10H2. The van der Waals surface area contributed by atoms with Crippen LogP contribution in [-0.4, -0.2) is 29.6 Å². The lowest BCUT2D eigenvalue weighted by Crippen LogP contribution is -2.48. The third-order valence-electron chi connectivity index (χ3n) is 4.18. The van der Waals surface area contributed by atoms with Crippen LogP contribution in [0.15, 0.2) is 0 Å². The van der Waals surface area contributed by atoms with Gasteiger partial charge in [-0.3, -0.25) is 4.79 Å². The Morgan fingerprint density at radius 2 is 1.75 bits per heavy atom. The summed E-state index contributed by atoms with van der Waals surface area (Å²) < 4.78 is 38.0. The van der Waals surface area contributed by atoms with Crippen molar-refractivity contribution in [3.63, 3.8) is 0 Å². The zero-order chi connectivity index (χ0) is 14.8. The minimum absolute atomic E-state index is 0.322. The van der Waals surface area contributed by atoms with Gasteiger partial charge in [-0.05, 0) is 25.7 Å². The van der Waals surface area contributed by atoms with Crippen LogP contribution in [0, 0.1) is 16.7 Å². The highest BCUT2D eigenvalue weighted by Gasteiger charge is 2.48. The smallest absolute Gasteiger partial charge is 0.329 e. The van der Waals surface area contributed by atoms with Crippen LogP contribution in [0.4, 0.5) is 13.2 Å². The Balaban J connectivity index is 2.18. The van der Waals surface area contributed by atoms with Gasteiger partial charge in [-0.25, -0.2) is 0 Å². The molecule has 1 amide bonds. The van der Waals surface area contributed by atoms with Gasteiger partial charge in [0.05, 0.1) is 6.07 Å². The second-order valence-corrected chi connectivity index (χ2v) is 5.89. The number of carbonyl (C=O) groups is 1. The van der Waals surface area contributed by atoms with E-state index in [2.05, 4.69) is 0 Å². The maximum absolute atomic E-state index is 12.7. The molecular weight excluding hydrogens is 269 g/mol. The quantitative estimate of drug-likeness (QED) is 0.747. The van der Waals surface area contributed by atoms with Crippen molar-refractivity contribution in [2.24, 2.45) is 5.41 Å². The van der Waals surface area contributed by atoms with Crippen molar-refractivity contribution >= 4 is 5.91 Å². The highest BCUT2D eigenvalue weighted by Crippen LogP contribution is 2.40. The molecule has 0 aromatic carbocycles. The molecule has 2 aliphatic carbocycles. The van der Waals surface area contributed by atoms with Crippen LogP contribution in [0.1, 0.15) is 51.4 Å². The molecule has 3 nitrogen and oxygen atoms in total. The van der Waals surface area contributed by atoms with E-state index in [1.165, 1.54) is 0 Å². The number of rotatable bonds is 3. The van der Waals surface area contributed by atoms with Gasteiger partial charge in [-0.15, -0.1) is 0 Å². The summed E-state index contributed by atoms with van der Waals surface area (Å²) >= 11 is 0. The minimum atomic E-state index is -4.40. The van der Waals surface area contributed by atoms with Gasteiger partial charge in [0.15, 0.2) is 0 Å². The highest BCUT2D eigenvalue weighted by atomic mass is 19.4. The summed E-state index contributed by atoms with van der Waals surface area (Å²) in [5, 5.41) is 9.41. The first-order valence-corrected chi connectivity index (χ1v) is 7.17. The van der Waals surface area contributed by atoms with Gasteiger partial charge >= 0.3 is 6.18 Å². The van der Waals surface area contributed by atoms with E-state index in [0.29, 0.717) is 25.7 Å². The predicted octanol–water partition coefficient (Wildman–Crippen LogP) is 3.40. The topological polar surface area (TPSA) is 44.1 Å². The van der Waals surface area contributed by atoms with Crippen molar-refractivity contribution in [1.29, 1.82) is 5.26 Å². The lowest BCUT2D eigenvalue weighted by Gasteiger charge is -2.32. The Kier molecular flexibility index (Phi) is 4.26. The molecule has 20 heavy (non-hydrogen) atoms. The fourth-order valence-corrected chi connectivity index (χ4v) is 2.93. The van der Waals surface area contributed by atoms with Crippen LogP contribution < -0.4 is 0 Å². The number of alkyl halides is 3. The van der Waals surface area contributed by atoms with Crippen molar-refractivity contribution in [2.45, 2.75) is 63.6 Å². The Hall–Kier alpha value is -1.25. The lowest BCUT2D eigenvalue weighted by atomic mass is 9.80. The molecule has 0 unspecified atom stereocenters. The van der Waals surface area contributed by atoms with Gasteiger partial charge < -0.3 is 4.90 Å². The molecule has 0 bridgehead atoms. The molecule has 2 aliphatic rings. The number of hydrogen-bond acceptors (Lipinski definition) is 2. The van der Waals surface area contributed by atoms with Gasteiger partial charge in [0.2, 0.25) is 5.91 Å². The van der Waals surface area contributed by atoms with Gasteiger partial charge in [-0.1, -0.05) is 25.7 Å². The van der Waals surface area contributed by atoms with E-state index in [-0.39, 0.29) is 6.04 Å². The highest BCUT2D eigenvalue weighted by molar-refractivity contribution is 5.86. The van der Waals surface area contributed by atoms with Crippen LogP contribution in [0.2, 0.25) is 0 Å². The Morgan fingerprint density at radius 1 is 1.20 bits per heavy atom. The van der Waals surface area contributed by atoms with Crippen LogP contribution in [0.25, 0.3) is 0 Å². The zero-order valence-electron chi connectivity index (χ0n) is 11.4. The minimum Gasteiger partial charge on any atom is -0.329 e. The van der Waals surface area contributed by atoms with Crippen molar-refractivity contribution in [3.05, 3.63) is 0 Å². The Labute approximate surface area is 116 Å². The predicted molar refractivity (Wildman–Crippen MR) is 66.5 cm³/mol. The number of hydrogen-bond donors (Lipinski definition) is 0. The molecule has 112 valence electrons. The SMILES string of the molecule is N#CC1(C(=O)N(CC(F)(F)F)C2CC2)CCCCCC1. The molecule has 0 aromatic rings. The maximum atomic E-state index is 12.7. The van der Waals surface area contributed by atoms with Crippen LogP contribution in [0.3, 0.4) is 0 Å². The first kappa shape index (κ1) is 15.1. The van der Waals surface area contributed by atoms with E-state index >= 15 is 0 Å². The molecule has 6 heteroatoms. The molecule has 0 radical (unpaired) electrons. The molecule has 0 heterocycles. The third kappa shape index (κ3) is 3.44. The number of nitrogens with zero attached hydrogens (tertiary/aromatic N) is 2. The van der Waals surface area contributed by atoms with E-state index in [1.54, 1.807) is 0 Å². The number of nitriles is 1. The van der Waals surface area contributed by atoms with Crippen LogP contribution in [0.5, 0.6) is 0 Å². The summed E-state index contributed by atoms with van der Waals surface area (Å²) in [5.41, 5.74) is -1.23. The molecule has 0 saturated heterocycles. The molecule has 0 aliphatic heterocycles. The molecule has 2 saturated carbocycles. The van der Waals surface area contributed by atoms with Gasteiger partial charge in [0.1, 0.15) is 12.0 Å². The summed E-state index contributed by atoms with van der Waals surface area (Å²) in [6.07, 6.45) is 0.978. The summed E-state index contributed by atoms with van der Waals surface area (Å²) in [7, 11) is 0. The molecule has 0 aromatic heterocycles. The first-order valence-electron chi connectivity index (χ1n) is 7.17. The number of halogens is 3. The van der Waals surface area contributed by atoms with Gasteiger partial charge in [-0.2, -0.15) is 18.4 Å².